The standard InChI is InChI=1S/C18H23N3O5S2/c1-14(21(28(4,25)26)16-10-6-5-7-11-16)18(22)19-15-9-8-12-17(13-15)20(2)27(3,23)24/h5-14H,1-4H3,(H,19,22)/t14-/m0/s1. The van der Waals surface area contributed by atoms with Crippen molar-refractivity contribution in [2.45, 2.75) is 13.0 Å². The predicted molar refractivity (Wildman–Crippen MR) is 112 cm³/mol. The molecule has 2 aromatic rings. The predicted octanol–water partition coefficient (Wildman–Crippen LogP) is 1.88. The van der Waals surface area contributed by atoms with Gasteiger partial charge in [0.15, 0.2) is 0 Å². The van der Waals surface area contributed by atoms with E-state index >= 15 is 0 Å². The molecule has 0 heterocycles. The summed E-state index contributed by atoms with van der Waals surface area (Å²) in [6.45, 7) is 1.48. The van der Waals surface area contributed by atoms with Crippen molar-refractivity contribution >= 4 is 43.0 Å². The summed E-state index contributed by atoms with van der Waals surface area (Å²) in [5, 5.41) is 2.64. The van der Waals surface area contributed by atoms with Gasteiger partial charge in [-0.3, -0.25) is 13.4 Å². The molecule has 0 radical (unpaired) electrons. The van der Waals surface area contributed by atoms with Crippen molar-refractivity contribution in [1.29, 1.82) is 0 Å². The van der Waals surface area contributed by atoms with Gasteiger partial charge in [0.2, 0.25) is 26.0 Å². The molecule has 1 atom stereocenters. The normalized spacial score (nSPS) is 12.9. The van der Waals surface area contributed by atoms with Crippen LogP contribution in [0.2, 0.25) is 0 Å². The molecule has 0 fully saturated rings. The highest BCUT2D eigenvalue weighted by molar-refractivity contribution is 7.92. The lowest BCUT2D eigenvalue weighted by Crippen LogP contribution is -2.45. The van der Waals surface area contributed by atoms with Crippen LogP contribution in [0.5, 0.6) is 0 Å². The van der Waals surface area contributed by atoms with Crippen molar-refractivity contribution < 1.29 is 21.6 Å². The number of sulfonamides is 2. The minimum atomic E-state index is -3.71. The molecule has 0 aliphatic carbocycles. The van der Waals surface area contributed by atoms with E-state index in [1.807, 2.05) is 0 Å². The first-order valence-corrected chi connectivity index (χ1v) is 12.0. The minimum absolute atomic E-state index is 0.353. The Balaban J connectivity index is 2.28. The maximum atomic E-state index is 12.7. The molecule has 2 aromatic carbocycles. The third-order valence-corrected chi connectivity index (χ3v) is 6.52. The van der Waals surface area contributed by atoms with Crippen LogP contribution in [0.3, 0.4) is 0 Å². The lowest BCUT2D eigenvalue weighted by Gasteiger charge is -2.28. The van der Waals surface area contributed by atoms with Gasteiger partial charge in [-0.15, -0.1) is 0 Å². The molecule has 2 rings (SSSR count). The highest BCUT2D eigenvalue weighted by atomic mass is 32.2. The van der Waals surface area contributed by atoms with E-state index in [9.17, 15) is 21.6 Å². The quantitative estimate of drug-likeness (QED) is 0.729. The molecule has 10 heteroatoms. The second-order valence-corrected chi connectivity index (χ2v) is 10.2. The lowest BCUT2D eigenvalue weighted by molar-refractivity contribution is -0.116. The van der Waals surface area contributed by atoms with E-state index in [4.69, 9.17) is 0 Å². The van der Waals surface area contributed by atoms with Gasteiger partial charge in [-0.1, -0.05) is 24.3 Å². The molecule has 28 heavy (non-hydrogen) atoms. The van der Waals surface area contributed by atoms with Crippen molar-refractivity contribution in [3.8, 4) is 0 Å². The molecule has 0 saturated carbocycles. The van der Waals surface area contributed by atoms with E-state index in [1.54, 1.807) is 48.5 Å². The van der Waals surface area contributed by atoms with Gasteiger partial charge < -0.3 is 5.32 Å². The van der Waals surface area contributed by atoms with E-state index in [-0.39, 0.29) is 0 Å². The van der Waals surface area contributed by atoms with Gasteiger partial charge in [0, 0.05) is 12.7 Å². The van der Waals surface area contributed by atoms with E-state index in [1.165, 1.54) is 20.0 Å². The van der Waals surface area contributed by atoms with E-state index < -0.39 is 32.0 Å². The van der Waals surface area contributed by atoms with E-state index in [0.29, 0.717) is 17.1 Å². The molecule has 152 valence electrons. The second-order valence-electron chi connectivity index (χ2n) is 6.34. The number of amides is 1. The number of hydrogen-bond donors (Lipinski definition) is 1. The zero-order valence-corrected chi connectivity index (χ0v) is 17.7. The van der Waals surface area contributed by atoms with Gasteiger partial charge in [0.05, 0.1) is 23.9 Å². The van der Waals surface area contributed by atoms with Gasteiger partial charge in [-0.05, 0) is 37.3 Å². The molecule has 1 amide bonds. The van der Waals surface area contributed by atoms with Crippen LogP contribution in [-0.4, -0.2) is 48.3 Å². The molecule has 1 N–H and O–H groups in total. The number of anilines is 3. The average molecular weight is 426 g/mol. The van der Waals surface area contributed by atoms with Crippen molar-refractivity contribution in [2.24, 2.45) is 0 Å². The maximum absolute atomic E-state index is 12.7. The van der Waals surface area contributed by atoms with Crippen molar-refractivity contribution in [3.63, 3.8) is 0 Å². The molecule has 0 bridgehead atoms. The summed E-state index contributed by atoms with van der Waals surface area (Å²) in [7, 11) is -5.76. The van der Waals surface area contributed by atoms with Crippen LogP contribution < -0.4 is 13.9 Å². The van der Waals surface area contributed by atoms with Gasteiger partial charge in [0.1, 0.15) is 6.04 Å². The maximum Gasteiger partial charge on any atom is 0.247 e. The number of nitrogens with one attached hydrogen (secondary N) is 1. The Labute approximate surface area is 165 Å². The summed E-state index contributed by atoms with van der Waals surface area (Å²) in [6, 6.07) is 13.6. The summed E-state index contributed by atoms with van der Waals surface area (Å²) in [5.74, 6) is -0.548. The van der Waals surface area contributed by atoms with Crippen LogP contribution >= 0.6 is 0 Å². The monoisotopic (exact) mass is 425 g/mol. The smallest absolute Gasteiger partial charge is 0.247 e. The molecular weight excluding hydrogens is 402 g/mol. The second kappa shape index (κ2) is 8.19. The number of hydrogen-bond acceptors (Lipinski definition) is 5. The molecule has 0 aliphatic rings. The molecule has 0 saturated heterocycles. The third-order valence-electron chi connectivity index (χ3n) is 4.07. The number of nitrogens with zero attached hydrogens (tertiary/aromatic N) is 2. The van der Waals surface area contributed by atoms with E-state index in [2.05, 4.69) is 5.32 Å². The zero-order chi connectivity index (χ0) is 21.1. The van der Waals surface area contributed by atoms with Crippen LogP contribution in [0.25, 0.3) is 0 Å². The molecule has 0 spiro atoms. The molecule has 8 nitrogen and oxygen atoms in total. The van der Waals surface area contributed by atoms with Crippen LogP contribution in [-0.2, 0) is 24.8 Å². The van der Waals surface area contributed by atoms with Crippen LogP contribution in [0, 0.1) is 0 Å². The van der Waals surface area contributed by atoms with Crippen molar-refractivity contribution in [3.05, 3.63) is 54.6 Å². The van der Waals surface area contributed by atoms with Gasteiger partial charge >= 0.3 is 0 Å². The summed E-state index contributed by atoms with van der Waals surface area (Å²) in [6.07, 6.45) is 2.11. The Bertz CT molecular complexity index is 1050. The number of benzene rings is 2. The van der Waals surface area contributed by atoms with Crippen LogP contribution in [0.4, 0.5) is 17.1 Å². The minimum Gasteiger partial charge on any atom is -0.324 e. The molecule has 0 aromatic heterocycles. The van der Waals surface area contributed by atoms with Gasteiger partial charge in [-0.25, -0.2) is 16.8 Å². The third kappa shape index (κ3) is 5.23. The first-order chi connectivity index (χ1) is 12.9. The number of rotatable bonds is 7. The summed E-state index contributed by atoms with van der Waals surface area (Å²) >= 11 is 0. The van der Waals surface area contributed by atoms with Gasteiger partial charge in [-0.2, -0.15) is 0 Å². The fourth-order valence-corrected chi connectivity index (χ4v) is 4.27. The first kappa shape index (κ1) is 21.7. The zero-order valence-electron chi connectivity index (χ0n) is 16.0. The number of para-hydroxylation sites is 1. The highest BCUT2D eigenvalue weighted by Gasteiger charge is 2.29. The summed E-state index contributed by atoms with van der Waals surface area (Å²) in [4.78, 5) is 12.7. The lowest BCUT2D eigenvalue weighted by atomic mass is 10.2. The Kier molecular flexibility index (Phi) is 6.35. The van der Waals surface area contributed by atoms with Crippen LogP contribution in [0.15, 0.2) is 54.6 Å². The molecule has 0 aliphatic heterocycles. The summed E-state index contributed by atoms with van der Waals surface area (Å²) in [5.41, 5.74) is 1.10. The fourth-order valence-electron chi connectivity index (χ4n) is 2.60. The van der Waals surface area contributed by atoms with Crippen molar-refractivity contribution in [1.82, 2.24) is 0 Å². The Morgan fingerprint density at radius 2 is 1.46 bits per heavy atom. The average Bonchev–Trinajstić information content (AvgIpc) is 2.60. The molecule has 0 unspecified atom stereocenters. The topological polar surface area (TPSA) is 104 Å². The SMILES string of the molecule is C[C@@H](C(=O)Nc1cccc(N(C)S(C)(=O)=O)c1)N(c1ccccc1)S(C)(=O)=O. The Morgan fingerprint density at radius 1 is 0.893 bits per heavy atom. The fraction of sp³-hybridized carbons (Fsp3) is 0.278. The largest absolute Gasteiger partial charge is 0.324 e. The van der Waals surface area contributed by atoms with Crippen molar-refractivity contribution in [2.75, 3.05) is 33.5 Å². The number of carbonyl (C=O) groups is 1. The van der Waals surface area contributed by atoms with E-state index in [0.717, 1.165) is 21.1 Å². The number of carbonyl (C=O) groups excluding carboxylic acids is 1. The van der Waals surface area contributed by atoms with Gasteiger partial charge in [0.25, 0.3) is 0 Å². The first-order valence-electron chi connectivity index (χ1n) is 8.30. The summed E-state index contributed by atoms with van der Waals surface area (Å²) < 4.78 is 50.0. The Hall–Kier alpha value is -2.59. The molecular formula is C18H23N3O5S2. The highest BCUT2D eigenvalue weighted by Crippen LogP contribution is 2.23. The Morgan fingerprint density at radius 3 is 2.00 bits per heavy atom. The van der Waals surface area contributed by atoms with Crippen LogP contribution in [0.1, 0.15) is 6.92 Å².